The Morgan fingerprint density at radius 2 is 1.77 bits per heavy atom. The summed E-state index contributed by atoms with van der Waals surface area (Å²) in [5.41, 5.74) is 1.09. The van der Waals surface area contributed by atoms with Crippen LogP contribution in [0.1, 0.15) is 31.1 Å². The van der Waals surface area contributed by atoms with E-state index < -0.39 is 18.0 Å². The Kier molecular flexibility index (Phi) is 6.76. The molecule has 0 radical (unpaired) electrons. The number of allylic oxidation sites excluding steroid dienone is 3. The van der Waals surface area contributed by atoms with Crippen molar-refractivity contribution in [3.05, 3.63) is 54.1 Å². The van der Waals surface area contributed by atoms with Gasteiger partial charge in [-0.15, -0.1) is 0 Å². The van der Waals surface area contributed by atoms with Gasteiger partial charge in [-0.1, -0.05) is 18.2 Å². The number of anilines is 1. The van der Waals surface area contributed by atoms with Crippen LogP contribution in [0, 0.1) is 0 Å². The minimum absolute atomic E-state index is 0.0481. The first-order valence-electron chi connectivity index (χ1n) is 6.86. The first-order chi connectivity index (χ1) is 10.4. The van der Waals surface area contributed by atoms with Crippen LogP contribution in [0.5, 0.6) is 0 Å². The molecule has 116 valence electrons. The fourth-order valence-electron chi connectivity index (χ4n) is 1.54. The lowest BCUT2D eigenvalue weighted by atomic mass is 10.1. The Balaban J connectivity index is 2.56. The molecule has 0 heterocycles. The number of carbonyl (C=O) groups is 3. The maximum Gasteiger partial charge on any atom is 0.331 e. The standard InChI is InChI=1S/C17H19NO4/c1-4-5-6-7-16(20)22-13(3)17(21)18-15-10-8-14(9-11-15)12(2)19/h4-11,13H,1-3H3,(H,18,21)/b5-4+,7-6+/t13-/m1/s1. The second kappa shape index (κ2) is 8.56. The van der Waals surface area contributed by atoms with E-state index in [1.54, 1.807) is 36.4 Å². The number of amides is 1. The predicted octanol–water partition coefficient (Wildman–Crippen LogP) is 2.89. The molecular formula is C17H19NO4. The molecule has 1 aromatic carbocycles. The van der Waals surface area contributed by atoms with Crippen molar-refractivity contribution in [3.63, 3.8) is 0 Å². The van der Waals surface area contributed by atoms with Crippen molar-refractivity contribution < 1.29 is 19.1 Å². The van der Waals surface area contributed by atoms with Gasteiger partial charge >= 0.3 is 5.97 Å². The van der Waals surface area contributed by atoms with Gasteiger partial charge in [-0.3, -0.25) is 9.59 Å². The Bertz CT molecular complexity index is 600. The minimum Gasteiger partial charge on any atom is -0.449 e. The van der Waals surface area contributed by atoms with Crippen molar-refractivity contribution in [3.8, 4) is 0 Å². The molecule has 1 aromatic rings. The van der Waals surface area contributed by atoms with Gasteiger partial charge in [0.15, 0.2) is 11.9 Å². The van der Waals surface area contributed by atoms with Crippen molar-refractivity contribution in [2.24, 2.45) is 0 Å². The molecular weight excluding hydrogens is 282 g/mol. The average molecular weight is 301 g/mol. The Morgan fingerprint density at radius 1 is 1.14 bits per heavy atom. The molecule has 0 spiro atoms. The van der Waals surface area contributed by atoms with Crippen molar-refractivity contribution in [1.29, 1.82) is 0 Å². The molecule has 0 aliphatic rings. The van der Waals surface area contributed by atoms with Gasteiger partial charge in [0.05, 0.1) is 0 Å². The number of esters is 1. The normalized spacial score (nSPS) is 12.3. The van der Waals surface area contributed by atoms with Crippen LogP contribution in [0.2, 0.25) is 0 Å². The number of nitrogens with one attached hydrogen (secondary N) is 1. The fraction of sp³-hybridized carbons (Fsp3) is 0.235. The number of hydrogen-bond donors (Lipinski definition) is 1. The lowest BCUT2D eigenvalue weighted by Crippen LogP contribution is -2.29. The molecule has 5 nitrogen and oxygen atoms in total. The topological polar surface area (TPSA) is 72.5 Å². The summed E-state index contributed by atoms with van der Waals surface area (Å²) in [5.74, 6) is -1.08. The molecule has 22 heavy (non-hydrogen) atoms. The summed E-state index contributed by atoms with van der Waals surface area (Å²) in [6.45, 7) is 4.78. The zero-order valence-corrected chi connectivity index (χ0v) is 12.8. The quantitative estimate of drug-likeness (QED) is 0.379. The zero-order valence-electron chi connectivity index (χ0n) is 12.8. The van der Waals surface area contributed by atoms with Crippen molar-refractivity contribution in [2.45, 2.75) is 26.9 Å². The molecule has 0 aliphatic carbocycles. The third-order valence-corrected chi connectivity index (χ3v) is 2.76. The van der Waals surface area contributed by atoms with Gasteiger partial charge in [-0.2, -0.15) is 0 Å². The van der Waals surface area contributed by atoms with E-state index in [9.17, 15) is 14.4 Å². The average Bonchev–Trinajstić information content (AvgIpc) is 2.47. The summed E-state index contributed by atoms with van der Waals surface area (Å²) in [6.07, 6.45) is 5.31. The molecule has 0 unspecified atom stereocenters. The largest absolute Gasteiger partial charge is 0.449 e. The van der Waals surface area contributed by atoms with Gasteiger partial charge in [-0.05, 0) is 45.0 Å². The highest BCUT2D eigenvalue weighted by Gasteiger charge is 2.16. The molecule has 0 bridgehead atoms. The van der Waals surface area contributed by atoms with E-state index in [1.165, 1.54) is 26.0 Å². The van der Waals surface area contributed by atoms with E-state index >= 15 is 0 Å². The molecule has 1 N–H and O–H groups in total. The van der Waals surface area contributed by atoms with Crippen LogP contribution in [0.4, 0.5) is 5.69 Å². The lowest BCUT2D eigenvalue weighted by Gasteiger charge is -2.12. The van der Waals surface area contributed by atoms with E-state index in [1.807, 2.05) is 6.92 Å². The third-order valence-electron chi connectivity index (χ3n) is 2.76. The number of Topliss-reactive ketones (excluding diaryl/α,β-unsaturated/α-hetero) is 1. The molecule has 0 saturated carbocycles. The van der Waals surface area contributed by atoms with E-state index in [2.05, 4.69) is 5.32 Å². The molecule has 0 aromatic heterocycles. The smallest absolute Gasteiger partial charge is 0.331 e. The van der Waals surface area contributed by atoms with Crippen molar-refractivity contribution >= 4 is 23.3 Å². The van der Waals surface area contributed by atoms with Gasteiger partial charge in [-0.25, -0.2) is 4.79 Å². The number of carbonyl (C=O) groups excluding carboxylic acids is 3. The van der Waals surface area contributed by atoms with Gasteiger partial charge in [0.2, 0.25) is 0 Å². The molecule has 1 atom stereocenters. The van der Waals surface area contributed by atoms with Crippen LogP contribution in [0.25, 0.3) is 0 Å². The van der Waals surface area contributed by atoms with Gasteiger partial charge in [0, 0.05) is 17.3 Å². The second-order valence-corrected chi connectivity index (χ2v) is 4.59. The highest BCUT2D eigenvalue weighted by molar-refractivity contribution is 5.97. The molecule has 0 fully saturated rings. The molecule has 0 aliphatic heterocycles. The molecule has 1 amide bonds. The van der Waals surface area contributed by atoms with E-state index in [4.69, 9.17) is 4.74 Å². The SMILES string of the molecule is C/C=C/C=C/C(=O)O[C@H](C)C(=O)Nc1ccc(C(C)=O)cc1. The van der Waals surface area contributed by atoms with Crippen LogP contribution in [-0.4, -0.2) is 23.8 Å². The van der Waals surface area contributed by atoms with E-state index in [0.29, 0.717) is 11.3 Å². The highest BCUT2D eigenvalue weighted by Crippen LogP contribution is 2.11. The van der Waals surface area contributed by atoms with Gasteiger partial charge < -0.3 is 10.1 Å². The van der Waals surface area contributed by atoms with Crippen LogP contribution in [0.15, 0.2) is 48.6 Å². The van der Waals surface area contributed by atoms with Crippen molar-refractivity contribution in [1.82, 2.24) is 0 Å². The van der Waals surface area contributed by atoms with Crippen LogP contribution >= 0.6 is 0 Å². The zero-order chi connectivity index (χ0) is 16.5. The number of rotatable bonds is 6. The monoisotopic (exact) mass is 301 g/mol. The highest BCUT2D eigenvalue weighted by atomic mass is 16.5. The van der Waals surface area contributed by atoms with Crippen LogP contribution in [0.3, 0.4) is 0 Å². The molecule has 5 heteroatoms. The predicted molar refractivity (Wildman–Crippen MR) is 84.6 cm³/mol. The molecule has 0 saturated heterocycles. The number of benzene rings is 1. The Hall–Kier alpha value is -2.69. The summed E-state index contributed by atoms with van der Waals surface area (Å²) >= 11 is 0. The summed E-state index contributed by atoms with van der Waals surface area (Å²) in [4.78, 5) is 34.5. The second-order valence-electron chi connectivity index (χ2n) is 4.59. The van der Waals surface area contributed by atoms with E-state index in [0.717, 1.165) is 0 Å². The summed E-state index contributed by atoms with van der Waals surface area (Å²) in [5, 5.41) is 2.61. The number of ketones is 1. The summed E-state index contributed by atoms with van der Waals surface area (Å²) in [7, 11) is 0. The Labute approximate surface area is 129 Å². The first kappa shape index (κ1) is 17.4. The lowest BCUT2D eigenvalue weighted by molar-refractivity contribution is -0.148. The van der Waals surface area contributed by atoms with Gasteiger partial charge in [0.1, 0.15) is 0 Å². The maximum atomic E-state index is 11.9. The number of hydrogen-bond acceptors (Lipinski definition) is 4. The number of ether oxygens (including phenoxy) is 1. The molecule has 1 rings (SSSR count). The Morgan fingerprint density at radius 3 is 2.32 bits per heavy atom. The maximum absolute atomic E-state index is 11.9. The first-order valence-corrected chi connectivity index (χ1v) is 6.86. The summed E-state index contributed by atoms with van der Waals surface area (Å²) in [6, 6.07) is 6.48. The fourth-order valence-corrected chi connectivity index (χ4v) is 1.54. The van der Waals surface area contributed by atoms with Crippen LogP contribution in [-0.2, 0) is 14.3 Å². The van der Waals surface area contributed by atoms with Crippen molar-refractivity contribution in [2.75, 3.05) is 5.32 Å². The minimum atomic E-state index is -0.921. The van der Waals surface area contributed by atoms with Gasteiger partial charge in [0.25, 0.3) is 5.91 Å². The van der Waals surface area contributed by atoms with E-state index in [-0.39, 0.29) is 5.78 Å². The third kappa shape index (κ3) is 5.75. The van der Waals surface area contributed by atoms with Crippen LogP contribution < -0.4 is 5.32 Å². The summed E-state index contributed by atoms with van der Waals surface area (Å²) < 4.78 is 4.97.